The van der Waals surface area contributed by atoms with Crippen LogP contribution >= 0.6 is 0 Å². The van der Waals surface area contributed by atoms with Gasteiger partial charge in [0.1, 0.15) is 19.0 Å². The molecule has 6 saturated carbocycles. The van der Waals surface area contributed by atoms with Crippen LogP contribution in [0.15, 0.2) is 205 Å². The molecule has 0 heterocycles. The average molecular weight is 1150 g/mol. The summed E-state index contributed by atoms with van der Waals surface area (Å²) in [6.45, 7) is 4.78. The Morgan fingerprint density at radius 3 is 1.25 bits per heavy atom. The van der Waals surface area contributed by atoms with E-state index in [1.165, 1.54) is 34.9 Å². The molecule has 0 radical (unpaired) electrons. The molecule has 12 rings (SSSR count). The summed E-state index contributed by atoms with van der Waals surface area (Å²) in [5, 5.41) is -5.16. The molecule has 2 atom stereocenters. The summed E-state index contributed by atoms with van der Waals surface area (Å²) in [4.78, 5) is 43.5. The molecule has 6 aliphatic carbocycles. The van der Waals surface area contributed by atoms with Crippen LogP contribution in [0.1, 0.15) is 77.2 Å². The number of rotatable bonds is 14. The van der Waals surface area contributed by atoms with E-state index >= 15 is 0 Å². The van der Waals surface area contributed by atoms with Gasteiger partial charge in [-0.3, -0.25) is 9.59 Å². The van der Waals surface area contributed by atoms with E-state index < -0.39 is 67.2 Å². The number of Topliss-reactive ketones (excluding diaryl/α,β-unsaturated/α-hetero) is 1. The monoisotopic (exact) mass is 1150 g/mol. The molecule has 418 valence electrons. The van der Waals surface area contributed by atoms with Crippen molar-refractivity contribution in [2.75, 3.05) is 19.0 Å². The van der Waals surface area contributed by atoms with Crippen molar-refractivity contribution in [3.05, 3.63) is 181 Å². The average Bonchev–Trinajstić information content (AvgIpc) is 4.04. The molecule has 6 bridgehead atoms. The van der Waals surface area contributed by atoms with E-state index in [-0.39, 0.29) is 38.9 Å². The zero-order valence-electron chi connectivity index (χ0n) is 44.4. The van der Waals surface area contributed by atoms with Gasteiger partial charge in [0.05, 0.1) is 43.1 Å². The number of hydrogen-bond donors (Lipinski definition) is 0. The number of esters is 2. The molecule has 17 heteroatoms. The number of carbonyl (C=O) groups excluding carboxylic acids is 3. The molecule has 0 spiro atoms. The summed E-state index contributed by atoms with van der Waals surface area (Å²) in [5.74, 6) is -1.58. The van der Waals surface area contributed by atoms with Gasteiger partial charge in [-0.1, -0.05) is 123 Å². The van der Waals surface area contributed by atoms with E-state index in [1.54, 1.807) is 0 Å². The number of fused-ring (bicyclic) bond motifs is 2. The molecule has 6 aromatic carbocycles. The van der Waals surface area contributed by atoms with E-state index in [0.29, 0.717) is 30.6 Å². The van der Waals surface area contributed by atoms with Crippen LogP contribution in [0.3, 0.4) is 0 Å². The Hall–Kier alpha value is -5.69. The standard InChI is InChI=1S/C19H17S.C18H15S.C15H20F2O7S.C10H16O4S/c1-16-12-14-19(15-13-16)20(17-8-4-2-5-9-17)18-10-6-3-7-11-18;1-4-10-16(11-5-1)19(17-12-6-2-7-13-17)18-14-8-3-9-15-18;16-15(17,25(20,21)22)13(19)24-2-1-23-12(18)14-6-9-3-10(7-14)5-11(4-9)8-14;1-9(2)7-3-4-10(9,8(11)5-7)6-15(12,13)14/h2-15H,1H3;1-15H;9-11H,1-8H2,(H,20,21,22);7H,3-6H2,1-2H3,(H,12,13,14)/q2*+1;;/p-2. The largest absolute Gasteiger partial charge is 0.748 e. The molecular weight excluding hydrogens is 1090 g/mol. The lowest BCUT2D eigenvalue weighted by atomic mass is 9.49. The molecule has 2 unspecified atom stereocenters. The fourth-order valence-corrected chi connectivity index (χ4v) is 18.4. The third-order valence-corrected chi connectivity index (χ3v) is 22.4. The van der Waals surface area contributed by atoms with Crippen LogP contribution in [0.5, 0.6) is 0 Å². The Balaban J connectivity index is 0.000000141. The number of benzene rings is 6. The lowest BCUT2D eigenvalue weighted by Gasteiger charge is -2.55. The van der Waals surface area contributed by atoms with Gasteiger partial charge < -0.3 is 18.6 Å². The summed E-state index contributed by atoms with van der Waals surface area (Å²) >= 11 is 0. The molecule has 0 saturated heterocycles. The molecule has 0 amide bonds. The van der Waals surface area contributed by atoms with Gasteiger partial charge in [0, 0.05) is 11.8 Å². The molecule has 11 nitrogen and oxygen atoms in total. The zero-order chi connectivity index (χ0) is 56.6. The van der Waals surface area contributed by atoms with Crippen molar-refractivity contribution in [2.24, 2.45) is 39.9 Å². The summed E-state index contributed by atoms with van der Waals surface area (Å²) in [5.41, 5.74) is -0.445. The number of hydrogen-bond acceptors (Lipinski definition) is 11. The highest BCUT2D eigenvalue weighted by molar-refractivity contribution is 7.97. The van der Waals surface area contributed by atoms with E-state index in [0.717, 1.165) is 44.9 Å². The van der Waals surface area contributed by atoms with Crippen LogP contribution < -0.4 is 0 Å². The maximum absolute atomic E-state index is 12.9. The van der Waals surface area contributed by atoms with Gasteiger partial charge in [-0.15, -0.1) is 0 Å². The third kappa shape index (κ3) is 13.9. The van der Waals surface area contributed by atoms with E-state index in [9.17, 15) is 49.1 Å². The smallest absolute Gasteiger partial charge is 0.428 e. The quantitative estimate of drug-likeness (QED) is 0.0437. The molecule has 0 aromatic heterocycles. The predicted molar refractivity (Wildman–Crippen MR) is 298 cm³/mol. The Morgan fingerprint density at radius 1 is 0.582 bits per heavy atom. The van der Waals surface area contributed by atoms with E-state index in [4.69, 9.17) is 4.74 Å². The van der Waals surface area contributed by atoms with E-state index in [1.807, 2.05) is 13.8 Å². The van der Waals surface area contributed by atoms with Gasteiger partial charge in [-0.2, -0.15) is 8.78 Å². The second kappa shape index (κ2) is 25.0. The van der Waals surface area contributed by atoms with Gasteiger partial charge in [0.15, 0.2) is 39.5 Å². The number of halogens is 2. The number of aryl methyl sites for hydroxylation is 1. The second-order valence-electron chi connectivity index (χ2n) is 21.8. The first-order valence-electron chi connectivity index (χ1n) is 26.5. The van der Waals surface area contributed by atoms with Crippen LogP contribution in [-0.4, -0.2) is 67.9 Å². The van der Waals surface area contributed by atoms with Crippen molar-refractivity contribution in [2.45, 2.75) is 113 Å². The summed E-state index contributed by atoms with van der Waals surface area (Å²) < 4.78 is 98.6. The summed E-state index contributed by atoms with van der Waals surface area (Å²) in [7, 11) is -10.5. The highest BCUT2D eigenvalue weighted by Crippen LogP contribution is 2.64. The molecule has 0 N–H and O–H groups in total. The number of alkyl halides is 2. The van der Waals surface area contributed by atoms with Gasteiger partial charge in [-0.25, -0.2) is 21.6 Å². The first-order chi connectivity index (χ1) is 37.5. The third-order valence-electron chi connectivity index (χ3n) is 16.3. The highest BCUT2D eigenvalue weighted by atomic mass is 32.2. The van der Waals surface area contributed by atoms with Crippen LogP contribution in [-0.2, 0) is 65.9 Å². The maximum Gasteiger partial charge on any atom is 0.428 e. The Morgan fingerprint density at radius 2 is 0.937 bits per heavy atom. The molecule has 79 heavy (non-hydrogen) atoms. The zero-order valence-corrected chi connectivity index (χ0v) is 47.7. The van der Waals surface area contributed by atoms with Crippen molar-refractivity contribution < 1.29 is 58.6 Å². The van der Waals surface area contributed by atoms with Crippen LogP contribution in [0.25, 0.3) is 0 Å². The first-order valence-corrected chi connectivity index (χ1v) is 31.9. The molecule has 6 aliphatic rings. The van der Waals surface area contributed by atoms with Crippen molar-refractivity contribution >= 4 is 59.7 Å². The predicted octanol–water partition coefficient (Wildman–Crippen LogP) is 12.2. The van der Waals surface area contributed by atoms with Gasteiger partial charge in [0.2, 0.25) is 0 Å². The van der Waals surface area contributed by atoms with Gasteiger partial charge >= 0.3 is 17.2 Å². The van der Waals surface area contributed by atoms with Crippen LogP contribution in [0.2, 0.25) is 0 Å². The summed E-state index contributed by atoms with van der Waals surface area (Å²) in [6, 6.07) is 62.5. The molecule has 0 aliphatic heterocycles. The molecule has 6 aromatic rings. The number of carbonyl (C=O) groups is 3. The van der Waals surface area contributed by atoms with Crippen molar-refractivity contribution in [3.8, 4) is 0 Å². The van der Waals surface area contributed by atoms with Crippen LogP contribution in [0, 0.1) is 46.8 Å². The normalized spacial score (nSPS) is 23.3. The topological polar surface area (TPSA) is 184 Å². The minimum Gasteiger partial charge on any atom is -0.748 e. The van der Waals surface area contributed by atoms with E-state index in [2.05, 4.69) is 188 Å². The lowest BCUT2D eigenvalue weighted by molar-refractivity contribution is -0.176. The number of ether oxygens (including phenoxy) is 2. The Labute approximate surface area is 469 Å². The van der Waals surface area contributed by atoms with Gasteiger partial charge in [0.25, 0.3) is 0 Å². The Kier molecular flexibility index (Phi) is 18.8. The van der Waals surface area contributed by atoms with Gasteiger partial charge in [-0.05, 0) is 160 Å². The fraction of sp³-hybridized carbons (Fsp3) is 0.371. The lowest BCUT2D eigenvalue weighted by Crippen LogP contribution is -2.50. The summed E-state index contributed by atoms with van der Waals surface area (Å²) in [6.07, 6.45) is 7.61. The van der Waals surface area contributed by atoms with Crippen molar-refractivity contribution in [1.29, 1.82) is 0 Å². The SMILES string of the molecule is CC1(C)C2CCC1(CS(=O)(=O)[O-])C(=O)C2.Cc1ccc([S+](c2ccccc2)c2ccccc2)cc1.O=C(OCCOC(=O)C(F)(F)S(=O)(=O)[O-])C12CC3CC(CC(C3)C1)C2.c1ccc([S+](c2ccccc2)c2ccccc2)cc1. The second-order valence-corrected chi connectivity index (χ2v) is 28.7. The minimum absolute atomic E-state index is 0.0146. The number of ketones is 1. The minimum atomic E-state index is -6.15. The van der Waals surface area contributed by atoms with Crippen LogP contribution in [0.4, 0.5) is 8.78 Å². The molecular formula is C62H66F2O11S4. The Bertz CT molecular complexity index is 3070. The fourth-order valence-electron chi connectivity index (χ4n) is 12.7. The molecule has 6 fully saturated rings. The highest BCUT2D eigenvalue weighted by Gasteiger charge is 2.64. The maximum atomic E-state index is 12.9. The first kappa shape index (κ1) is 59.4. The van der Waals surface area contributed by atoms with Crippen molar-refractivity contribution in [1.82, 2.24) is 0 Å². The van der Waals surface area contributed by atoms with Crippen molar-refractivity contribution in [3.63, 3.8) is 0 Å².